The fourth-order valence-electron chi connectivity index (χ4n) is 2.54. The van der Waals surface area contributed by atoms with Crippen molar-refractivity contribution in [3.05, 3.63) is 28.3 Å². The molecule has 8 heteroatoms. The fourth-order valence-corrected chi connectivity index (χ4v) is 4.32. The Labute approximate surface area is 117 Å². The monoisotopic (exact) mass is 300 g/mol. The van der Waals surface area contributed by atoms with Crippen LogP contribution in [-0.4, -0.2) is 35.3 Å². The summed E-state index contributed by atoms with van der Waals surface area (Å²) in [6, 6.07) is 2.99. The van der Waals surface area contributed by atoms with Gasteiger partial charge in [0.25, 0.3) is 0 Å². The molecule has 0 spiro atoms. The van der Waals surface area contributed by atoms with Gasteiger partial charge >= 0.3 is 5.69 Å². The Morgan fingerprint density at radius 1 is 1.40 bits per heavy atom. The van der Waals surface area contributed by atoms with Gasteiger partial charge in [-0.3, -0.25) is 10.1 Å². The molecule has 0 radical (unpaired) electrons. The summed E-state index contributed by atoms with van der Waals surface area (Å²) in [6.45, 7) is 4.18. The predicted octanol–water partition coefficient (Wildman–Crippen LogP) is 1.72. The highest BCUT2D eigenvalue weighted by molar-refractivity contribution is 7.89. The second-order valence-corrected chi connectivity index (χ2v) is 7.06. The summed E-state index contributed by atoms with van der Waals surface area (Å²) in [5.74, 6) is -0.288. The second-order valence-electron chi connectivity index (χ2n) is 5.17. The average molecular weight is 300 g/mol. The van der Waals surface area contributed by atoms with E-state index in [0.717, 1.165) is 18.6 Å². The first-order valence-corrected chi connectivity index (χ1v) is 7.66. The lowest BCUT2D eigenvalue weighted by molar-refractivity contribution is -0.386. The summed E-state index contributed by atoms with van der Waals surface area (Å²) >= 11 is 0. The smallest absolute Gasteiger partial charge is 0.312 e. The highest BCUT2D eigenvalue weighted by Gasteiger charge is 2.36. The van der Waals surface area contributed by atoms with Crippen LogP contribution in [0.5, 0.6) is 5.75 Å². The summed E-state index contributed by atoms with van der Waals surface area (Å²) in [5.41, 5.74) is -0.606. The molecular weight excluding hydrogens is 284 g/mol. The van der Waals surface area contributed by atoms with Crippen molar-refractivity contribution in [2.75, 3.05) is 6.54 Å². The predicted molar refractivity (Wildman–Crippen MR) is 71.9 cm³/mol. The van der Waals surface area contributed by atoms with E-state index in [-0.39, 0.29) is 16.9 Å². The minimum Gasteiger partial charge on any atom is -0.502 e. The zero-order chi connectivity index (χ0) is 15.1. The number of benzene rings is 1. The Morgan fingerprint density at radius 3 is 2.55 bits per heavy atom. The minimum atomic E-state index is -3.78. The van der Waals surface area contributed by atoms with Gasteiger partial charge in [-0.2, -0.15) is 4.31 Å². The first-order valence-electron chi connectivity index (χ1n) is 6.22. The Morgan fingerprint density at radius 2 is 2.05 bits per heavy atom. The lowest BCUT2D eigenvalue weighted by atomic mass is 10.1. The van der Waals surface area contributed by atoms with Crippen LogP contribution in [0.15, 0.2) is 23.1 Å². The SMILES string of the molecule is CC1CC(C)N(S(=O)(=O)c2ccc(O)c([N+](=O)[O-])c2)C1. The summed E-state index contributed by atoms with van der Waals surface area (Å²) in [5, 5.41) is 20.2. The third kappa shape index (κ3) is 2.48. The Bertz CT molecular complexity index is 643. The topological polar surface area (TPSA) is 101 Å². The number of nitrogens with zero attached hydrogens (tertiary/aromatic N) is 2. The molecule has 1 saturated heterocycles. The number of sulfonamides is 1. The molecule has 20 heavy (non-hydrogen) atoms. The number of nitro benzene ring substituents is 1. The van der Waals surface area contributed by atoms with Crippen LogP contribution in [0.2, 0.25) is 0 Å². The van der Waals surface area contributed by atoms with Gasteiger partial charge in [-0.1, -0.05) is 6.92 Å². The van der Waals surface area contributed by atoms with Crippen LogP contribution in [0.4, 0.5) is 5.69 Å². The van der Waals surface area contributed by atoms with Crippen LogP contribution in [0.25, 0.3) is 0 Å². The van der Waals surface area contributed by atoms with E-state index in [1.54, 1.807) is 0 Å². The van der Waals surface area contributed by atoms with E-state index in [2.05, 4.69) is 0 Å². The van der Waals surface area contributed by atoms with E-state index >= 15 is 0 Å². The third-order valence-corrected chi connectivity index (χ3v) is 5.45. The van der Waals surface area contributed by atoms with E-state index < -0.39 is 26.4 Å². The lowest BCUT2D eigenvalue weighted by Crippen LogP contribution is -2.34. The van der Waals surface area contributed by atoms with Crippen molar-refractivity contribution >= 4 is 15.7 Å². The molecule has 0 aliphatic carbocycles. The summed E-state index contributed by atoms with van der Waals surface area (Å²) < 4.78 is 26.4. The molecule has 1 aliphatic rings. The molecule has 1 aromatic rings. The van der Waals surface area contributed by atoms with E-state index in [4.69, 9.17) is 0 Å². The molecule has 1 heterocycles. The summed E-state index contributed by atoms with van der Waals surface area (Å²) in [4.78, 5) is 9.81. The average Bonchev–Trinajstić information content (AvgIpc) is 2.69. The molecule has 0 saturated carbocycles. The van der Waals surface area contributed by atoms with Gasteiger partial charge in [0.15, 0.2) is 5.75 Å². The van der Waals surface area contributed by atoms with E-state index in [0.29, 0.717) is 6.54 Å². The number of hydrogen-bond acceptors (Lipinski definition) is 5. The Balaban J connectivity index is 2.45. The number of hydrogen-bond donors (Lipinski definition) is 1. The van der Waals surface area contributed by atoms with E-state index in [1.807, 2.05) is 13.8 Å². The second kappa shape index (κ2) is 5.02. The number of rotatable bonds is 3. The van der Waals surface area contributed by atoms with Gasteiger partial charge in [-0.05, 0) is 31.4 Å². The molecule has 0 aromatic heterocycles. The van der Waals surface area contributed by atoms with Crippen LogP contribution in [0.1, 0.15) is 20.3 Å². The normalized spacial score (nSPS) is 23.9. The maximum absolute atomic E-state index is 12.5. The molecular formula is C12H16N2O5S. The van der Waals surface area contributed by atoms with Gasteiger partial charge in [0.1, 0.15) is 0 Å². The third-order valence-electron chi connectivity index (χ3n) is 3.48. The first kappa shape index (κ1) is 14.7. The van der Waals surface area contributed by atoms with Gasteiger partial charge in [-0.25, -0.2) is 8.42 Å². The maximum Gasteiger partial charge on any atom is 0.312 e. The van der Waals surface area contributed by atoms with Crippen molar-refractivity contribution in [2.24, 2.45) is 5.92 Å². The molecule has 0 amide bonds. The van der Waals surface area contributed by atoms with Crippen LogP contribution in [0.3, 0.4) is 0 Å². The van der Waals surface area contributed by atoms with Crippen LogP contribution >= 0.6 is 0 Å². The van der Waals surface area contributed by atoms with Crippen molar-refractivity contribution in [1.82, 2.24) is 4.31 Å². The standard InChI is InChI=1S/C12H16N2O5S/c1-8-5-9(2)13(7-8)20(18,19)10-3-4-12(15)11(6-10)14(16)17/h3-4,6,8-9,15H,5,7H2,1-2H3. The van der Waals surface area contributed by atoms with Gasteiger partial charge < -0.3 is 5.11 Å². The van der Waals surface area contributed by atoms with Gasteiger partial charge in [0, 0.05) is 18.7 Å². The van der Waals surface area contributed by atoms with E-state index in [9.17, 15) is 23.6 Å². The van der Waals surface area contributed by atoms with Crippen molar-refractivity contribution in [3.63, 3.8) is 0 Å². The zero-order valence-corrected chi connectivity index (χ0v) is 12.0. The molecule has 7 nitrogen and oxygen atoms in total. The van der Waals surface area contributed by atoms with Crippen molar-refractivity contribution in [2.45, 2.75) is 31.2 Å². The van der Waals surface area contributed by atoms with Crippen molar-refractivity contribution in [3.8, 4) is 5.75 Å². The summed E-state index contributed by atoms with van der Waals surface area (Å²) in [7, 11) is -3.78. The summed E-state index contributed by atoms with van der Waals surface area (Å²) in [6.07, 6.45) is 0.763. The molecule has 2 atom stereocenters. The Kier molecular flexibility index (Phi) is 3.70. The Hall–Kier alpha value is -1.67. The highest BCUT2D eigenvalue weighted by atomic mass is 32.2. The molecule has 1 N–H and O–H groups in total. The van der Waals surface area contributed by atoms with Gasteiger partial charge in [-0.15, -0.1) is 0 Å². The van der Waals surface area contributed by atoms with Gasteiger partial charge in [0.2, 0.25) is 10.0 Å². The number of aromatic hydroxyl groups is 1. The van der Waals surface area contributed by atoms with Crippen LogP contribution in [0, 0.1) is 16.0 Å². The molecule has 0 bridgehead atoms. The first-order chi connectivity index (χ1) is 9.23. The highest BCUT2D eigenvalue weighted by Crippen LogP contribution is 2.33. The zero-order valence-electron chi connectivity index (χ0n) is 11.2. The number of nitro groups is 1. The molecule has 1 fully saturated rings. The molecule has 110 valence electrons. The van der Waals surface area contributed by atoms with Crippen molar-refractivity contribution < 1.29 is 18.4 Å². The van der Waals surface area contributed by atoms with Crippen LogP contribution in [-0.2, 0) is 10.0 Å². The number of phenols is 1. The van der Waals surface area contributed by atoms with Crippen LogP contribution < -0.4 is 0 Å². The molecule has 2 rings (SSSR count). The minimum absolute atomic E-state index is 0.136. The molecule has 2 unspecified atom stereocenters. The largest absolute Gasteiger partial charge is 0.502 e. The molecule has 1 aromatic carbocycles. The quantitative estimate of drug-likeness (QED) is 0.676. The van der Waals surface area contributed by atoms with E-state index in [1.165, 1.54) is 10.4 Å². The maximum atomic E-state index is 12.5. The fraction of sp³-hybridized carbons (Fsp3) is 0.500. The lowest BCUT2D eigenvalue weighted by Gasteiger charge is -2.20. The number of phenolic OH excluding ortho intramolecular Hbond substituents is 1. The van der Waals surface area contributed by atoms with Gasteiger partial charge in [0.05, 0.1) is 9.82 Å². The van der Waals surface area contributed by atoms with Crippen molar-refractivity contribution in [1.29, 1.82) is 0 Å². The molecule has 1 aliphatic heterocycles.